The van der Waals surface area contributed by atoms with Crippen LogP contribution >= 0.6 is 0 Å². The molecule has 0 radical (unpaired) electrons. The number of fused-ring (bicyclic) bond motifs is 1. The SMILES string of the molecule is Fc1cccc(-c2cc3c(o2)CCNC3)c1. The van der Waals surface area contributed by atoms with Gasteiger partial charge in [-0.25, -0.2) is 4.39 Å². The smallest absolute Gasteiger partial charge is 0.134 e. The van der Waals surface area contributed by atoms with Crippen molar-refractivity contribution >= 4 is 0 Å². The third-order valence-corrected chi connectivity index (χ3v) is 2.85. The van der Waals surface area contributed by atoms with Gasteiger partial charge in [0.2, 0.25) is 0 Å². The van der Waals surface area contributed by atoms with Crippen LogP contribution in [0.25, 0.3) is 11.3 Å². The van der Waals surface area contributed by atoms with Gasteiger partial charge in [0.05, 0.1) is 0 Å². The van der Waals surface area contributed by atoms with Crippen LogP contribution in [-0.4, -0.2) is 6.54 Å². The standard InChI is InChI=1S/C13H12FNO/c14-11-3-1-2-9(6-11)13-7-10-8-15-5-4-12(10)16-13/h1-3,6-7,15H,4-5,8H2. The van der Waals surface area contributed by atoms with E-state index in [-0.39, 0.29) is 5.82 Å². The van der Waals surface area contributed by atoms with Gasteiger partial charge in [0.25, 0.3) is 0 Å². The van der Waals surface area contributed by atoms with Crippen LogP contribution in [0.2, 0.25) is 0 Å². The molecular weight excluding hydrogens is 205 g/mol. The van der Waals surface area contributed by atoms with Gasteiger partial charge in [-0.1, -0.05) is 12.1 Å². The molecule has 1 aromatic carbocycles. The minimum atomic E-state index is -0.231. The Morgan fingerprint density at radius 2 is 2.19 bits per heavy atom. The first-order valence-corrected chi connectivity index (χ1v) is 5.41. The molecule has 0 unspecified atom stereocenters. The van der Waals surface area contributed by atoms with Gasteiger partial charge in [0.1, 0.15) is 17.3 Å². The summed E-state index contributed by atoms with van der Waals surface area (Å²) in [5, 5.41) is 3.28. The Balaban J connectivity index is 2.03. The summed E-state index contributed by atoms with van der Waals surface area (Å²) >= 11 is 0. The van der Waals surface area contributed by atoms with Crippen molar-refractivity contribution in [3.63, 3.8) is 0 Å². The third kappa shape index (κ3) is 1.63. The van der Waals surface area contributed by atoms with Crippen LogP contribution in [0.4, 0.5) is 4.39 Å². The Morgan fingerprint density at radius 3 is 3.00 bits per heavy atom. The average Bonchev–Trinajstić information content (AvgIpc) is 2.72. The molecule has 1 N–H and O–H groups in total. The van der Waals surface area contributed by atoms with Crippen LogP contribution in [0.5, 0.6) is 0 Å². The van der Waals surface area contributed by atoms with Crippen molar-refractivity contribution < 1.29 is 8.81 Å². The fraction of sp³-hybridized carbons (Fsp3) is 0.231. The molecule has 1 aliphatic rings. The molecule has 3 rings (SSSR count). The molecule has 0 bridgehead atoms. The Labute approximate surface area is 93.1 Å². The lowest BCUT2D eigenvalue weighted by Crippen LogP contribution is -2.22. The molecule has 2 aromatic rings. The van der Waals surface area contributed by atoms with E-state index in [0.29, 0.717) is 0 Å². The van der Waals surface area contributed by atoms with Crippen LogP contribution in [0.1, 0.15) is 11.3 Å². The fourth-order valence-corrected chi connectivity index (χ4v) is 2.04. The van der Waals surface area contributed by atoms with Crippen molar-refractivity contribution in [1.82, 2.24) is 5.32 Å². The van der Waals surface area contributed by atoms with E-state index in [1.165, 1.54) is 17.7 Å². The molecule has 0 fully saturated rings. The number of hydrogen-bond donors (Lipinski definition) is 1. The number of halogens is 1. The molecule has 16 heavy (non-hydrogen) atoms. The molecule has 1 aromatic heterocycles. The van der Waals surface area contributed by atoms with Crippen molar-refractivity contribution in [1.29, 1.82) is 0 Å². The average molecular weight is 217 g/mol. The summed E-state index contributed by atoms with van der Waals surface area (Å²) < 4.78 is 18.8. The predicted molar refractivity (Wildman–Crippen MR) is 59.5 cm³/mol. The van der Waals surface area contributed by atoms with E-state index in [0.717, 1.165) is 36.6 Å². The largest absolute Gasteiger partial charge is 0.461 e. The molecule has 0 amide bonds. The highest BCUT2D eigenvalue weighted by Gasteiger charge is 2.15. The third-order valence-electron chi connectivity index (χ3n) is 2.85. The van der Waals surface area contributed by atoms with Crippen molar-refractivity contribution in [3.8, 4) is 11.3 Å². The van der Waals surface area contributed by atoms with E-state index in [9.17, 15) is 4.39 Å². The summed E-state index contributed by atoms with van der Waals surface area (Å²) in [4.78, 5) is 0. The predicted octanol–water partition coefficient (Wildman–Crippen LogP) is 2.73. The molecule has 0 aliphatic carbocycles. The van der Waals surface area contributed by atoms with E-state index >= 15 is 0 Å². The van der Waals surface area contributed by atoms with Gasteiger partial charge in [-0.2, -0.15) is 0 Å². The molecule has 2 nitrogen and oxygen atoms in total. The summed E-state index contributed by atoms with van der Waals surface area (Å²) in [7, 11) is 0. The lowest BCUT2D eigenvalue weighted by Gasteiger charge is -2.09. The maximum Gasteiger partial charge on any atom is 0.134 e. The van der Waals surface area contributed by atoms with Crippen molar-refractivity contribution in [2.45, 2.75) is 13.0 Å². The minimum absolute atomic E-state index is 0.231. The van der Waals surface area contributed by atoms with Crippen LogP contribution in [0, 0.1) is 5.82 Å². The molecule has 0 spiro atoms. The quantitative estimate of drug-likeness (QED) is 0.794. The summed E-state index contributed by atoms with van der Waals surface area (Å²) in [6, 6.07) is 8.49. The highest BCUT2D eigenvalue weighted by molar-refractivity contribution is 5.59. The Bertz CT molecular complexity index is 495. The normalized spacial score (nSPS) is 14.8. The van der Waals surface area contributed by atoms with Gasteiger partial charge in [0.15, 0.2) is 0 Å². The summed E-state index contributed by atoms with van der Waals surface area (Å²) in [5.74, 6) is 1.55. The maximum absolute atomic E-state index is 13.1. The number of rotatable bonds is 1. The van der Waals surface area contributed by atoms with E-state index < -0.39 is 0 Å². The minimum Gasteiger partial charge on any atom is -0.461 e. The summed E-state index contributed by atoms with van der Waals surface area (Å²) in [5.41, 5.74) is 1.99. The Hall–Kier alpha value is -1.61. The van der Waals surface area contributed by atoms with E-state index in [1.54, 1.807) is 6.07 Å². The number of furan rings is 1. The van der Waals surface area contributed by atoms with Crippen LogP contribution < -0.4 is 5.32 Å². The second-order valence-electron chi connectivity index (χ2n) is 4.00. The second kappa shape index (κ2) is 3.76. The number of nitrogens with one attached hydrogen (secondary N) is 1. The summed E-state index contributed by atoms with van der Waals surface area (Å²) in [6.45, 7) is 1.79. The molecule has 0 saturated heterocycles. The van der Waals surface area contributed by atoms with Gasteiger partial charge < -0.3 is 9.73 Å². The molecular formula is C13H12FNO. The topological polar surface area (TPSA) is 25.2 Å². The van der Waals surface area contributed by atoms with Crippen LogP contribution in [0.3, 0.4) is 0 Å². The maximum atomic E-state index is 13.1. The molecule has 82 valence electrons. The zero-order valence-electron chi connectivity index (χ0n) is 8.79. The molecule has 3 heteroatoms. The van der Waals surface area contributed by atoms with Crippen LogP contribution in [0.15, 0.2) is 34.7 Å². The van der Waals surface area contributed by atoms with Crippen molar-refractivity contribution in [2.75, 3.05) is 6.54 Å². The van der Waals surface area contributed by atoms with E-state index in [4.69, 9.17) is 4.42 Å². The Morgan fingerprint density at radius 1 is 1.25 bits per heavy atom. The lowest BCUT2D eigenvalue weighted by molar-refractivity contribution is 0.483. The highest BCUT2D eigenvalue weighted by Crippen LogP contribution is 2.27. The monoisotopic (exact) mass is 217 g/mol. The first-order chi connectivity index (χ1) is 7.83. The van der Waals surface area contributed by atoms with Gasteiger partial charge in [-0.15, -0.1) is 0 Å². The van der Waals surface area contributed by atoms with Gasteiger partial charge >= 0.3 is 0 Å². The van der Waals surface area contributed by atoms with Gasteiger partial charge in [0, 0.05) is 30.6 Å². The molecule has 0 saturated carbocycles. The lowest BCUT2D eigenvalue weighted by atomic mass is 10.1. The van der Waals surface area contributed by atoms with E-state index in [1.807, 2.05) is 12.1 Å². The highest BCUT2D eigenvalue weighted by atomic mass is 19.1. The van der Waals surface area contributed by atoms with Gasteiger partial charge in [-0.05, 0) is 18.2 Å². The second-order valence-corrected chi connectivity index (χ2v) is 4.00. The van der Waals surface area contributed by atoms with Crippen LogP contribution in [-0.2, 0) is 13.0 Å². The Kier molecular flexibility index (Phi) is 2.26. The molecule has 2 heterocycles. The fourth-order valence-electron chi connectivity index (χ4n) is 2.04. The van der Waals surface area contributed by atoms with E-state index in [2.05, 4.69) is 5.32 Å². The summed E-state index contributed by atoms with van der Waals surface area (Å²) in [6.07, 6.45) is 0.907. The molecule has 0 atom stereocenters. The first-order valence-electron chi connectivity index (χ1n) is 5.41. The zero-order chi connectivity index (χ0) is 11.0. The van der Waals surface area contributed by atoms with Crippen molar-refractivity contribution in [2.24, 2.45) is 0 Å². The number of benzene rings is 1. The molecule has 1 aliphatic heterocycles. The number of hydrogen-bond acceptors (Lipinski definition) is 2. The van der Waals surface area contributed by atoms with Gasteiger partial charge in [-0.3, -0.25) is 0 Å². The zero-order valence-corrected chi connectivity index (χ0v) is 8.79. The van der Waals surface area contributed by atoms with Crippen molar-refractivity contribution in [3.05, 3.63) is 47.5 Å². The first kappa shape index (κ1) is 9.60.